The summed E-state index contributed by atoms with van der Waals surface area (Å²) in [6.07, 6.45) is 0. The van der Waals surface area contributed by atoms with Crippen LogP contribution in [0.1, 0.15) is 5.56 Å². The maximum absolute atomic E-state index is 13.3. The van der Waals surface area contributed by atoms with Crippen molar-refractivity contribution in [1.82, 2.24) is 5.32 Å². The smallest absolute Gasteiger partial charge is 0.145 e. The number of nitrogens with one attached hydrogen (secondary N) is 1. The number of rotatable bonds is 4. The molecular weight excluding hydrogens is 253 g/mol. The summed E-state index contributed by atoms with van der Waals surface area (Å²) in [6, 6.07) is 12.0. The summed E-state index contributed by atoms with van der Waals surface area (Å²) in [5.74, 6) is 0.647. The minimum absolute atomic E-state index is 0.0888. The molecule has 2 rings (SSSR count). The number of halogens is 2. The molecule has 0 aromatic heterocycles. The van der Waals surface area contributed by atoms with Crippen molar-refractivity contribution in [3.63, 3.8) is 0 Å². The average molecular weight is 266 g/mol. The molecule has 0 aliphatic carbocycles. The lowest BCUT2D eigenvalue weighted by Gasteiger charge is -2.11. The number of benzene rings is 2. The van der Waals surface area contributed by atoms with Crippen LogP contribution in [0.3, 0.4) is 0 Å². The zero-order chi connectivity index (χ0) is 13.0. The standard InChI is InChI=1S/C14H13ClFNO/c1-17-9-10-4-2-3-5-14(10)18-11-6-7-12(15)13(16)8-11/h2-8,17H,9H2,1H3. The summed E-state index contributed by atoms with van der Waals surface area (Å²) < 4.78 is 19.0. The van der Waals surface area contributed by atoms with E-state index < -0.39 is 5.82 Å². The van der Waals surface area contributed by atoms with E-state index in [1.165, 1.54) is 12.1 Å². The van der Waals surface area contributed by atoms with Gasteiger partial charge in [-0.25, -0.2) is 4.39 Å². The summed E-state index contributed by atoms with van der Waals surface area (Å²) in [6.45, 7) is 0.687. The Morgan fingerprint density at radius 3 is 2.72 bits per heavy atom. The van der Waals surface area contributed by atoms with Crippen molar-refractivity contribution in [2.75, 3.05) is 7.05 Å². The first kappa shape index (κ1) is 12.9. The molecule has 0 saturated heterocycles. The Morgan fingerprint density at radius 2 is 2.00 bits per heavy atom. The van der Waals surface area contributed by atoms with Crippen molar-refractivity contribution in [3.05, 3.63) is 58.9 Å². The van der Waals surface area contributed by atoms with E-state index in [1.807, 2.05) is 31.3 Å². The number of hydrogen-bond acceptors (Lipinski definition) is 2. The van der Waals surface area contributed by atoms with Gasteiger partial charge in [-0.05, 0) is 25.2 Å². The summed E-state index contributed by atoms with van der Waals surface area (Å²) in [7, 11) is 1.86. The van der Waals surface area contributed by atoms with Gasteiger partial charge in [0.1, 0.15) is 17.3 Å². The van der Waals surface area contributed by atoms with Crippen LogP contribution < -0.4 is 10.1 Å². The second kappa shape index (κ2) is 5.85. The van der Waals surface area contributed by atoms with Crippen LogP contribution in [0, 0.1) is 5.82 Å². The maximum Gasteiger partial charge on any atom is 0.145 e. The van der Waals surface area contributed by atoms with Gasteiger partial charge in [0.25, 0.3) is 0 Å². The summed E-state index contributed by atoms with van der Waals surface area (Å²) >= 11 is 5.62. The Labute approximate surface area is 110 Å². The van der Waals surface area contributed by atoms with Gasteiger partial charge in [0.2, 0.25) is 0 Å². The molecule has 0 amide bonds. The molecule has 0 heterocycles. The van der Waals surface area contributed by atoms with Gasteiger partial charge < -0.3 is 10.1 Å². The SMILES string of the molecule is CNCc1ccccc1Oc1ccc(Cl)c(F)c1. The van der Waals surface area contributed by atoms with Crippen molar-refractivity contribution in [1.29, 1.82) is 0 Å². The third-order valence-electron chi connectivity index (χ3n) is 2.46. The molecule has 2 nitrogen and oxygen atoms in total. The van der Waals surface area contributed by atoms with E-state index in [9.17, 15) is 4.39 Å². The molecule has 2 aromatic carbocycles. The monoisotopic (exact) mass is 265 g/mol. The van der Waals surface area contributed by atoms with Crippen LogP contribution in [-0.2, 0) is 6.54 Å². The molecule has 0 fully saturated rings. The summed E-state index contributed by atoms with van der Waals surface area (Å²) in [4.78, 5) is 0. The highest BCUT2D eigenvalue weighted by Gasteiger charge is 2.06. The molecule has 4 heteroatoms. The molecule has 0 aliphatic heterocycles. The van der Waals surface area contributed by atoms with E-state index in [-0.39, 0.29) is 5.02 Å². The van der Waals surface area contributed by atoms with Crippen LogP contribution in [0.5, 0.6) is 11.5 Å². The van der Waals surface area contributed by atoms with E-state index in [0.717, 1.165) is 5.56 Å². The van der Waals surface area contributed by atoms with Gasteiger partial charge in [-0.15, -0.1) is 0 Å². The first-order valence-electron chi connectivity index (χ1n) is 5.56. The minimum atomic E-state index is -0.486. The highest BCUT2D eigenvalue weighted by molar-refractivity contribution is 6.30. The van der Waals surface area contributed by atoms with Gasteiger partial charge in [-0.2, -0.15) is 0 Å². The fourth-order valence-electron chi connectivity index (χ4n) is 1.61. The highest BCUT2D eigenvalue weighted by Crippen LogP contribution is 2.27. The fourth-order valence-corrected chi connectivity index (χ4v) is 1.72. The highest BCUT2D eigenvalue weighted by atomic mass is 35.5. The topological polar surface area (TPSA) is 21.3 Å². The average Bonchev–Trinajstić information content (AvgIpc) is 2.37. The van der Waals surface area contributed by atoms with Crippen molar-refractivity contribution >= 4 is 11.6 Å². The number of hydrogen-bond donors (Lipinski definition) is 1. The first-order chi connectivity index (χ1) is 8.70. The van der Waals surface area contributed by atoms with Crippen LogP contribution in [0.15, 0.2) is 42.5 Å². The predicted molar refractivity (Wildman–Crippen MR) is 70.7 cm³/mol. The predicted octanol–water partition coefficient (Wildman–Crippen LogP) is 3.99. The normalized spacial score (nSPS) is 10.4. The largest absolute Gasteiger partial charge is 0.457 e. The molecule has 2 aromatic rings. The zero-order valence-corrected chi connectivity index (χ0v) is 10.7. The molecule has 0 aliphatic rings. The Balaban J connectivity index is 2.25. The van der Waals surface area contributed by atoms with Gasteiger partial charge in [-0.1, -0.05) is 29.8 Å². The van der Waals surface area contributed by atoms with Crippen molar-refractivity contribution in [2.45, 2.75) is 6.54 Å². The molecule has 0 radical (unpaired) electrons. The van der Waals surface area contributed by atoms with Crippen molar-refractivity contribution in [2.24, 2.45) is 0 Å². The molecule has 0 spiro atoms. The van der Waals surface area contributed by atoms with Crippen LogP contribution in [0.2, 0.25) is 5.02 Å². The van der Waals surface area contributed by atoms with Gasteiger partial charge in [0.05, 0.1) is 5.02 Å². The Hall–Kier alpha value is -1.58. The molecule has 0 unspecified atom stereocenters. The van der Waals surface area contributed by atoms with E-state index in [0.29, 0.717) is 18.0 Å². The maximum atomic E-state index is 13.3. The molecular formula is C14H13ClFNO. The van der Waals surface area contributed by atoms with E-state index in [2.05, 4.69) is 5.32 Å². The number of ether oxygens (including phenoxy) is 1. The summed E-state index contributed by atoms with van der Waals surface area (Å²) in [5.41, 5.74) is 1.01. The van der Waals surface area contributed by atoms with Crippen molar-refractivity contribution < 1.29 is 9.13 Å². The lowest BCUT2D eigenvalue weighted by Crippen LogP contribution is -2.06. The third kappa shape index (κ3) is 3.00. The summed E-state index contributed by atoms with van der Waals surface area (Å²) in [5, 5.41) is 3.14. The molecule has 18 heavy (non-hydrogen) atoms. The Morgan fingerprint density at radius 1 is 1.22 bits per heavy atom. The minimum Gasteiger partial charge on any atom is -0.457 e. The number of para-hydroxylation sites is 1. The fraction of sp³-hybridized carbons (Fsp3) is 0.143. The first-order valence-corrected chi connectivity index (χ1v) is 5.94. The van der Waals surface area contributed by atoms with E-state index in [4.69, 9.17) is 16.3 Å². The molecule has 1 N–H and O–H groups in total. The lowest BCUT2D eigenvalue weighted by atomic mass is 10.2. The van der Waals surface area contributed by atoms with Crippen LogP contribution in [0.25, 0.3) is 0 Å². The van der Waals surface area contributed by atoms with E-state index in [1.54, 1.807) is 6.07 Å². The second-order valence-corrected chi connectivity index (χ2v) is 4.22. The molecule has 0 atom stereocenters. The molecule has 0 saturated carbocycles. The van der Waals surface area contributed by atoms with Gasteiger partial charge in [-0.3, -0.25) is 0 Å². The van der Waals surface area contributed by atoms with Gasteiger partial charge >= 0.3 is 0 Å². The van der Waals surface area contributed by atoms with Crippen LogP contribution >= 0.6 is 11.6 Å². The zero-order valence-electron chi connectivity index (χ0n) is 9.91. The van der Waals surface area contributed by atoms with Crippen molar-refractivity contribution in [3.8, 4) is 11.5 Å². The van der Waals surface area contributed by atoms with Gasteiger partial charge in [0, 0.05) is 18.2 Å². The van der Waals surface area contributed by atoms with Gasteiger partial charge in [0.15, 0.2) is 0 Å². The molecule has 0 bridgehead atoms. The van der Waals surface area contributed by atoms with Crippen LogP contribution in [0.4, 0.5) is 4.39 Å². The lowest BCUT2D eigenvalue weighted by molar-refractivity contribution is 0.469. The third-order valence-corrected chi connectivity index (χ3v) is 2.77. The quantitative estimate of drug-likeness (QED) is 0.902. The second-order valence-electron chi connectivity index (χ2n) is 3.82. The van der Waals surface area contributed by atoms with E-state index >= 15 is 0 Å². The van der Waals surface area contributed by atoms with Crippen LogP contribution in [-0.4, -0.2) is 7.05 Å². The molecule has 94 valence electrons. The Kier molecular flexibility index (Phi) is 4.18. The Bertz CT molecular complexity index is 545.